The zero-order valence-corrected chi connectivity index (χ0v) is 16.6. The summed E-state index contributed by atoms with van der Waals surface area (Å²) >= 11 is 0. The van der Waals surface area contributed by atoms with Crippen molar-refractivity contribution in [1.29, 1.82) is 0 Å². The van der Waals surface area contributed by atoms with Crippen LogP contribution in [0.25, 0.3) is 0 Å². The van der Waals surface area contributed by atoms with Gasteiger partial charge in [-0.05, 0) is 44.8 Å². The molecule has 0 spiro atoms. The van der Waals surface area contributed by atoms with Gasteiger partial charge < -0.3 is 18.9 Å². The lowest BCUT2D eigenvalue weighted by molar-refractivity contribution is -0.218. The molecule has 0 aromatic heterocycles. The second kappa shape index (κ2) is 7.24. The van der Waals surface area contributed by atoms with Crippen molar-refractivity contribution in [2.75, 3.05) is 7.11 Å². The van der Waals surface area contributed by atoms with Crippen LogP contribution in [0, 0.1) is 11.8 Å². The van der Waals surface area contributed by atoms with E-state index in [1.165, 1.54) is 0 Å². The third kappa shape index (κ3) is 3.48. The summed E-state index contributed by atoms with van der Waals surface area (Å²) < 4.78 is 23.4. The Balaban J connectivity index is 2.00. The van der Waals surface area contributed by atoms with Gasteiger partial charge in [0, 0.05) is 24.7 Å². The first-order chi connectivity index (χ1) is 12.7. The minimum absolute atomic E-state index is 0.124. The van der Waals surface area contributed by atoms with Gasteiger partial charge in [0.2, 0.25) is 0 Å². The van der Waals surface area contributed by atoms with Crippen molar-refractivity contribution in [3.8, 4) is 0 Å². The van der Waals surface area contributed by atoms with Gasteiger partial charge in [-0.15, -0.1) is 0 Å². The maximum atomic E-state index is 12.4. The van der Waals surface area contributed by atoms with Gasteiger partial charge in [-0.2, -0.15) is 0 Å². The van der Waals surface area contributed by atoms with Crippen LogP contribution in [0.4, 0.5) is 0 Å². The number of carbonyl (C=O) groups is 2. The Morgan fingerprint density at radius 3 is 2.78 bits per heavy atom. The van der Waals surface area contributed by atoms with E-state index in [4.69, 9.17) is 18.9 Å². The molecule has 6 heteroatoms. The fourth-order valence-electron chi connectivity index (χ4n) is 4.27. The highest BCUT2D eigenvalue weighted by Gasteiger charge is 2.55. The molecule has 0 N–H and O–H groups in total. The van der Waals surface area contributed by atoms with Gasteiger partial charge in [0.1, 0.15) is 18.3 Å². The van der Waals surface area contributed by atoms with Crippen molar-refractivity contribution < 1.29 is 28.5 Å². The predicted octanol–water partition coefficient (Wildman–Crippen LogP) is 3.08. The fourth-order valence-corrected chi connectivity index (χ4v) is 4.27. The van der Waals surface area contributed by atoms with Crippen LogP contribution in [-0.4, -0.2) is 43.1 Å². The average molecular weight is 376 g/mol. The molecular formula is C21H28O6. The molecule has 6 atom stereocenters. The van der Waals surface area contributed by atoms with E-state index < -0.39 is 36.0 Å². The summed E-state index contributed by atoms with van der Waals surface area (Å²) in [4.78, 5) is 24.7. The number of allylic oxidation sites excluding steroid dienone is 1. The zero-order valence-electron chi connectivity index (χ0n) is 16.6. The molecule has 2 bridgehead atoms. The van der Waals surface area contributed by atoms with Crippen LogP contribution >= 0.6 is 0 Å². The first kappa shape index (κ1) is 19.8. The van der Waals surface area contributed by atoms with Crippen LogP contribution in [0.1, 0.15) is 40.5 Å². The van der Waals surface area contributed by atoms with E-state index in [0.29, 0.717) is 24.0 Å². The lowest BCUT2D eigenvalue weighted by Gasteiger charge is -2.30. The van der Waals surface area contributed by atoms with Crippen LogP contribution in [0.3, 0.4) is 0 Å². The number of esters is 2. The summed E-state index contributed by atoms with van der Waals surface area (Å²) in [5.41, 5.74) is 1.80. The Labute approximate surface area is 160 Å². The van der Waals surface area contributed by atoms with Gasteiger partial charge >= 0.3 is 11.9 Å². The highest BCUT2D eigenvalue weighted by Crippen LogP contribution is 2.46. The van der Waals surface area contributed by atoms with Crippen molar-refractivity contribution in [2.45, 2.75) is 64.6 Å². The lowest BCUT2D eigenvalue weighted by atomic mass is 9.81. The quantitative estimate of drug-likeness (QED) is 0.428. The lowest BCUT2D eigenvalue weighted by Crippen LogP contribution is -2.41. The summed E-state index contributed by atoms with van der Waals surface area (Å²) in [5.74, 6) is -2.04. The van der Waals surface area contributed by atoms with Crippen molar-refractivity contribution in [3.05, 3.63) is 35.5 Å². The van der Waals surface area contributed by atoms with Crippen LogP contribution in [-0.2, 0) is 28.5 Å². The number of rotatable bonds is 3. The van der Waals surface area contributed by atoms with E-state index in [-0.39, 0.29) is 11.9 Å². The minimum atomic E-state index is -0.854. The van der Waals surface area contributed by atoms with Crippen LogP contribution < -0.4 is 0 Å². The van der Waals surface area contributed by atoms with Crippen molar-refractivity contribution in [3.63, 3.8) is 0 Å². The molecule has 27 heavy (non-hydrogen) atoms. The summed E-state index contributed by atoms with van der Waals surface area (Å²) in [7, 11) is 1.61. The first-order valence-corrected chi connectivity index (χ1v) is 9.37. The number of carbonyl (C=O) groups excluding carboxylic acids is 2. The fraction of sp³-hybridized carbons (Fsp3) is 0.619. The number of ether oxygens (including phenoxy) is 4. The maximum absolute atomic E-state index is 12.4. The Morgan fingerprint density at radius 2 is 2.15 bits per heavy atom. The van der Waals surface area contributed by atoms with Gasteiger partial charge in [0.05, 0.1) is 5.92 Å². The molecule has 148 valence electrons. The topological polar surface area (TPSA) is 71.1 Å². The molecule has 0 unspecified atom stereocenters. The Morgan fingerprint density at radius 1 is 1.44 bits per heavy atom. The smallest absolute Gasteiger partial charge is 0.334 e. The Bertz CT molecular complexity index is 720. The van der Waals surface area contributed by atoms with E-state index in [9.17, 15) is 9.59 Å². The second-order valence-electron chi connectivity index (χ2n) is 7.82. The summed E-state index contributed by atoms with van der Waals surface area (Å²) in [6.45, 7) is 11.4. The molecule has 6 nitrogen and oxygen atoms in total. The van der Waals surface area contributed by atoms with Gasteiger partial charge in [0.15, 0.2) is 5.79 Å². The summed E-state index contributed by atoms with van der Waals surface area (Å²) in [6, 6.07) is 0. The van der Waals surface area contributed by atoms with Gasteiger partial charge in [-0.3, -0.25) is 0 Å². The van der Waals surface area contributed by atoms with Gasteiger partial charge in [0.25, 0.3) is 0 Å². The predicted molar refractivity (Wildman–Crippen MR) is 98.6 cm³/mol. The molecule has 0 aromatic rings. The van der Waals surface area contributed by atoms with Gasteiger partial charge in [-0.25, -0.2) is 9.59 Å². The minimum Gasteiger partial charge on any atom is -0.458 e. The van der Waals surface area contributed by atoms with Gasteiger partial charge in [-0.1, -0.05) is 19.6 Å². The molecular weight excluding hydrogens is 348 g/mol. The number of hydrogen-bond acceptors (Lipinski definition) is 6. The van der Waals surface area contributed by atoms with E-state index in [2.05, 4.69) is 13.5 Å². The Kier molecular flexibility index (Phi) is 5.32. The number of hydrogen-bond donors (Lipinski definition) is 0. The zero-order chi connectivity index (χ0) is 19.9. The number of methoxy groups -OCH3 is 1. The molecule has 3 rings (SSSR count). The monoisotopic (exact) mass is 376 g/mol. The Hall–Kier alpha value is -1.92. The summed E-state index contributed by atoms with van der Waals surface area (Å²) in [6.07, 6.45) is 3.30. The van der Waals surface area contributed by atoms with Crippen molar-refractivity contribution in [2.24, 2.45) is 11.8 Å². The van der Waals surface area contributed by atoms with Crippen molar-refractivity contribution in [1.82, 2.24) is 0 Å². The standard InChI is InChI=1S/C21H28O6/c1-7-12(3)19(22)25-15-8-11(2)9-21(24-6)10-13(4)17(27-21)18-16(15)14(5)20(23)26-18/h7,10-11,15-18H,5,8-9H2,1-4,6H3/b12-7-/t11-,15+,16-,17+,18+,21-/m1/s1. The van der Waals surface area contributed by atoms with E-state index >= 15 is 0 Å². The maximum Gasteiger partial charge on any atom is 0.334 e. The summed E-state index contributed by atoms with van der Waals surface area (Å²) in [5, 5.41) is 0. The third-order valence-electron chi connectivity index (χ3n) is 5.81. The third-order valence-corrected chi connectivity index (χ3v) is 5.81. The molecule has 2 fully saturated rings. The molecule has 0 aliphatic carbocycles. The van der Waals surface area contributed by atoms with E-state index in [1.54, 1.807) is 27.0 Å². The molecule has 0 aromatic carbocycles. The molecule has 0 radical (unpaired) electrons. The van der Waals surface area contributed by atoms with Crippen LogP contribution in [0.2, 0.25) is 0 Å². The molecule has 0 amide bonds. The average Bonchev–Trinajstić information content (AvgIpc) is 3.11. The highest BCUT2D eigenvalue weighted by atomic mass is 16.7. The molecule has 3 aliphatic rings. The number of fused-ring (bicyclic) bond motifs is 4. The second-order valence-corrected chi connectivity index (χ2v) is 7.82. The molecule has 2 saturated heterocycles. The highest BCUT2D eigenvalue weighted by molar-refractivity contribution is 5.91. The van der Waals surface area contributed by atoms with E-state index in [0.717, 1.165) is 5.57 Å². The first-order valence-electron chi connectivity index (χ1n) is 9.37. The van der Waals surface area contributed by atoms with Crippen LogP contribution in [0.5, 0.6) is 0 Å². The molecule has 3 aliphatic heterocycles. The van der Waals surface area contributed by atoms with Crippen molar-refractivity contribution >= 4 is 11.9 Å². The largest absolute Gasteiger partial charge is 0.458 e. The van der Waals surface area contributed by atoms with E-state index in [1.807, 2.05) is 13.0 Å². The van der Waals surface area contributed by atoms with Crippen LogP contribution in [0.15, 0.2) is 35.5 Å². The normalized spacial score (nSPS) is 39.1. The molecule has 0 saturated carbocycles. The molecule has 3 heterocycles. The SMILES string of the molecule is C=C1C(=O)O[C@H]2[C@H]1[C@@H](OC(=O)/C(C)=C\C)C[C@@H](C)C[C@]1(OC)C=C(C)[C@@H]2O1.